The average Bonchev–Trinajstić information content (AvgIpc) is 2.85. The molecule has 2 aromatic carbocycles. The number of ether oxygens (including phenoxy) is 2. The Hall–Kier alpha value is -2.82. The van der Waals surface area contributed by atoms with Gasteiger partial charge < -0.3 is 14.6 Å². The van der Waals surface area contributed by atoms with E-state index in [9.17, 15) is 9.59 Å². The molecule has 34 heavy (non-hydrogen) atoms. The van der Waals surface area contributed by atoms with Crippen LogP contribution < -0.4 is 9.47 Å². The summed E-state index contributed by atoms with van der Waals surface area (Å²) in [4.78, 5) is 23.4. The maximum absolute atomic E-state index is 12.5. The highest BCUT2D eigenvalue weighted by Gasteiger charge is 2.22. The quantitative estimate of drug-likeness (QED) is 0.200. The summed E-state index contributed by atoms with van der Waals surface area (Å²) in [6.07, 6.45) is 12.3. The summed E-state index contributed by atoms with van der Waals surface area (Å²) in [5, 5.41) is 8.92. The predicted octanol–water partition coefficient (Wildman–Crippen LogP) is 7.39. The molecule has 1 atom stereocenters. The number of unbranched alkanes of at least 4 members (excludes halogenated alkanes) is 4. The Morgan fingerprint density at radius 3 is 2.12 bits per heavy atom. The largest absolute Gasteiger partial charge is 0.479 e. The molecule has 1 aliphatic carbocycles. The molecule has 1 aliphatic rings. The molecule has 184 valence electrons. The normalized spacial score (nSPS) is 18.8. The number of aliphatic carboxylic acids is 1. The zero-order valence-electron chi connectivity index (χ0n) is 20.5. The summed E-state index contributed by atoms with van der Waals surface area (Å²) in [6, 6.07) is 14.2. The summed E-state index contributed by atoms with van der Waals surface area (Å²) < 4.78 is 10.7. The molecule has 5 nitrogen and oxygen atoms in total. The lowest BCUT2D eigenvalue weighted by Gasteiger charge is -2.29. The van der Waals surface area contributed by atoms with Gasteiger partial charge in [-0.15, -0.1) is 0 Å². The van der Waals surface area contributed by atoms with Crippen LogP contribution >= 0.6 is 0 Å². The van der Waals surface area contributed by atoms with Gasteiger partial charge in [0.25, 0.3) is 0 Å². The number of benzene rings is 2. The van der Waals surface area contributed by atoms with E-state index in [1.807, 2.05) is 12.1 Å². The number of carbonyl (C=O) groups is 2. The van der Waals surface area contributed by atoms with Crippen LogP contribution in [0.5, 0.6) is 11.5 Å². The van der Waals surface area contributed by atoms with Crippen LogP contribution in [0.15, 0.2) is 48.5 Å². The van der Waals surface area contributed by atoms with Gasteiger partial charge in [-0.1, -0.05) is 57.6 Å². The van der Waals surface area contributed by atoms with E-state index < -0.39 is 18.0 Å². The molecule has 0 saturated heterocycles. The summed E-state index contributed by atoms with van der Waals surface area (Å²) in [7, 11) is 0. The summed E-state index contributed by atoms with van der Waals surface area (Å²) in [5.41, 5.74) is 1.83. The molecule has 2 aromatic rings. The van der Waals surface area contributed by atoms with E-state index in [4.69, 9.17) is 14.6 Å². The fourth-order valence-electron chi connectivity index (χ4n) is 4.72. The lowest BCUT2D eigenvalue weighted by molar-refractivity contribution is -0.144. The molecule has 0 bridgehead atoms. The maximum Gasteiger partial charge on any atom is 0.344 e. The molecule has 0 amide bonds. The zero-order valence-corrected chi connectivity index (χ0v) is 20.5. The number of esters is 1. The van der Waals surface area contributed by atoms with Gasteiger partial charge in [-0.05, 0) is 86.4 Å². The Labute approximate surface area is 203 Å². The Kier molecular flexibility index (Phi) is 9.99. The molecule has 0 heterocycles. The van der Waals surface area contributed by atoms with Gasteiger partial charge >= 0.3 is 11.9 Å². The Morgan fingerprint density at radius 2 is 1.50 bits per heavy atom. The predicted molar refractivity (Wildman–Crippen MR) is 134 cm³/mol. The second-order valence-electron chi connectivity index (χ2n) is 9.50. The minimum atomic E-state index is -1.04. The number of carboxylic acid groups (broad SMARTS) is 1. The van der Waals surface area contributed by atoms with E-state index >= 15 is 0 Å². The van der Waals surface area contributed by atoms with Crippen molar-refractivity contribution in [2.45, 2.75) is 90.1 Å². The molecular formula is C29H38O5. The Bertz CT molecular complexity index is 895. The molecule has 0 unspecified atom stereocenters. The highest BCUT2D eigenvalue weighted by Crippen LogP contribution is 2.38. The van der Waals surface area contributed by atoms with Crippen molar-refractivity contribution in [3.63, 3.8) is 0 Å². The molecule has 1 fully saturated rings. The van der Waals surface area contributed by atoms with Gasteiger partial charge in [0.2, 0.25) is 0 Å². The first-order valence-corrected chi connectivity index (χ1v) is 12.8. The van der Waals surface area contributed by atoms with E-state index in [0.717, 1.165) is 5.92 Å². The maximum atomic E-state index is 12.5. The average molecular weight is 467 g/mol. The number of rotatable bonds is 12. The number of carbonyl (C=O) groups excluding carboxylic acids is 1. The van der Waals surface area contributed by atoms with Crippen molar-refractivity contribution in [3.8, 4) is 11.5 Å². The standard InChI is InChI=1S/C29H38O5/c1-3-4-5-6-7-8-22-9-11-23(12-10-22)24-13-15-25(16-14-24)29(32)34-27-19-17-26(18-20-27)33-21(2)28(30)31/h13-23H,3-12H2,1-2H3,(H,30,31)/t21-,22?,23?/m1/s1. The van der Waals surface area contributed by atoms with Crippen LogP contribution in [0.2, 0.25) is 0 Å². The van der Waals surface area contributed by atoms with Crippen molar-refractivity contribution in [2.24, 2.45) is 5.92 Å². The lowest BCUT2D eigenvalue weighted by Crippen LogP contribution is -2.22. The third-order valence-electron chi connectivity index (χ3n) is 6.88. The third-order valence-corrected chi connectivity index (χ3v) is 6.88. The highest BCUT2D eigenvalue weighted by molar-refractivity contribution is 5.91. The molecule has 1 N–H and O–H groups in total. The third kappa shape index (κ3) is 7.89. The van der Waals surface area contributed by atoms with Crippen LogP contribution in [0.4, 0.5) is 0 Å². The molecular weight excluding hydrogens is 428 g/mol. The van der Waals surface area contributed by atoms with Gasteiger partial charge in [-0.3, -0.25) is 0 Å². The topological polar surface area (TPSA) is 72.8 Å². The van der Waals surface area contributed by atoms with Gasteiger partial charge in [0.05, 0.1) is 5.56 Å². The van der Waals surface area contributed by atoms with Crippen molar-refractivity contribution < 1.29 is 24.2 Å². The second kappa shape index (κ2) is 13.2. The molecule has 0 aromatic heterocycles. The van der Waals surface area contributed by atoms with Crippen LogP contribution in [0, 0.1) is 5.92 Å². The van der Waals surface area contributed by atoms with Gasteiger partial charge in [-0.2, -0.15) is 0 Å². The molecule has 5 heteroatoms. The minimum Gasteiger partial charge on any atom is -0.479 e. The summed E-state index contributed by atoms with van der Waals surface area (Å²) in [5.74, 6) is 0.816. The first kappa shape index (κ1) is 25.8. The highest BCUT2D eigenvalue weighted by atomic mass is 16.5. The van der Waals surface area contributed by atoms with Gasteiger partial charge in [0, 0.05) is 0 Å². The van der Waals surface area contributed by atoms with Gasteiger partial charge in [-0.25, -0.2) is 9.59 Å². The van der Waals surface area contributed by atoms with E-state index in [0.29, 0.717) is 23.0 Å². The molecule has 0 aliphatic heterocycles. The lowest BCUT2D eigenvalue weighted by atomic mass is 9.77. The number of hydrogen-bond donors (Lipinski definition) is 1. The monoisotopic (exact) mass is 466 g/mol. The van der Waals surface area contributed by atoms with Crippen molar-refractivity contribution in [2.75, 3.05) is 0 Å². The Balaban J connectivity index is 1.44. The molecule has 0 radical (unpaired) electrons. The summed E-state index contributed by atoms with van der Waals surface area (Å²) in [6.45, 7) is 3.72. The van der Waals surface area contributed by atoms with Gasteiger partial charge in [0.15, 0.2) is 6.10 Å². The van der Waals surface area contributed by atoms with Crippen molar-refractivity contribution >= 4 is 11.9 Å². The van der Waals surface area contributed by atoms with Gasteiger partial charge in [0.1, 0.15) is 11.5 Å². The Morgan fingerprint density at radius 1 is 0.882 bits per heavy atom. The molecule has 0 spiro atoms. The van der Waals surface area contributed by atoms with Crippen LogP contribution in [-0.4, -0.2) is 23.1 Å². The van der Waals surface area contributed by atoms with E-state index in [1.54, 1.807) is 24.3 Å². The molecule has 3 rings (SSSR count). The van der Waals surface area contributed by atoms with E-state index in [1.165, 1.54) is 76.7 Å². The van der Waals surface area contributed by atoms with Crippen molar-refractivity contribution in [3.05, 3.63) is 59.7 Å². The van der Waals surface area contributed by atoms with Crippen LogP contribution in [0.1, 0.15) is 99.9 Å². The smallest absolute Gasteiger partial charge is 0.344 e. The first-order valence-electron chi connectivity index (χ1n) is 12.8. The van der Waals surface area contributed by atoms with E-state index in [2.05, 4.69) is 19.1 Å². The van der Waals surface area contributed by atoms with Crippen LogP contribution in [0.25, 0.3) is 0 Å². The SMILES string of the molecule is CCCCCCCC1CCC(c2ccc(C(=O)Oc3ccc(O[C@H](C)C(=O)O)cc3)cc2)CC1. The first-order chi connectivity index (χ1) is 16.5. The minimum absolute atomic E-state index is 0.387. The number of hydrogen-bond acceptors (Lipinski definition) is 4. The summed E-state index contributed by atoms with van der Waals surface area (Å²) >= 11 is 0. The fraction of sp³-hybridized carbons (Fsp3) is 0.517. The van der Waals surface area contributed by atoms with Crippen molar-refractivity contribution in [1.29, 1.82) is 0 Å². The fourth-order valence-corrected chi connectivity index (χ4v) is 4.72. The molecule has 1 saturated carbocycles. The van der Waals surface area contributed by atoms with Crippen LogP contribution in [-0.2, 0) is 4.79 Å². The van der Waals surface area contributed by atoms with E-state index in [-0.39, 0.29) is 0 Å². The number of carboxylic acids is 1. The second-order valence-corrected chi connectivity index (χ2v) is 9.50. The zero-order chi connectivity index (χ0) is 24.3. The van der Waals surface area contributed by atoms with Crippen molar-refractivity contribution in [1.82, 2.24) is 0 Å². The van der Waals surface area contributed by atoms with Crippen LogP contribution in [0.3, 0.4) is 0 Å².